The van der Waals surface area contributed by atoms with Crippen molar-refractivity contribution in [2.75, 3.05) is 6.61 Å². The molecule has 4 atom stereocenters. The van der Waals surface area contributed by atoms with Gasteiger partial charge in [-0.05, 0) is 37.5 Å². The van der Waals surface area contributed by atoms with Gasteiger partial charge in [-0.1, -0.05) is 34.1 Å². The van der Waals surface area contributed by atoms with E-state index in [0.29, 0.717) is 23.0 Å². The van der Waals surface area contributed by atoms with Crippen LogP contribution in [-0.2, 0) is 4.74 Å². The molecule has 110 valence electrons. The molecule has 0 bridgehead atoms. The molecule has 0 aromatic carbocycles. The largest absolute Gasteiger partial charge is 0.377 e. The number of nitrogens with one attached hydrogen (secondary N) is 1. The molecule has 0 radical (unpaired) electrons. The molecule has 4 unspecified atom stereocenters. The summed E-state index contributed by atoms with van der Waals surface area (Å²) < 4.78 is 6.01. The lowest BCUT2D eigenvalue weighted by Gasteiger charge is -2.61. The molecular formula is C17H31NO. The molecule has 19 heavy (non-hydrogen) atoms. The van der Waals surface area contributed by atoms with E-state index in [1.54, 1.807) is 0 Å². The molecule has 2 nitrogen and oxygen atoms in total. The molecule has 0 amide bonds. The highest BCUT2D eigenvalue weighted by Crippen LogP contribution is 2.52. The maximum absolute atomic E-state index is 6.01. The Morgan fingerprint density at radius 1 is 1.05 bits per heavy atom. The third kappa shape index (κ3) is 2.47. The third-order valence-corrected chi connectivity index (χ3v) is 5.95. The van der Waals surface area contributed by atoms with Crippen LogP contribution in [-0.4, -0.2) is 24.8 Å². The molecule has 0 aromatic heterocycles. The Hall–Kier alpha value is -0.0800. The van der Waals surface area contributed by atoms with Crippen LogP contribution in [0, 0.1) is 16.7 Å². The molecule has 1 saturated heterocycles. The highest BCUT2D eigenvalue weighted by Gasteiger charge is 2.58. The molecule has 1 N–H and O–H groups in total. The van der Waals surface area contributed by atoms with Gasteiger partial charge in [-0.15, -0.1) is 0 Å². The van der Waals surface area contributed by atoms with Crippen molar-refractivity contribution in [2.45, 2.75) is 84.4 Å². The van der Waals surface area contributed by atoms with Crippen LogP contribution in [0.25, 0.3) is 0 Å². The number of fused-ring (bicyclic) bond motifs is 1. The van der Waals surface area contributed by atoms with E-state index in [9.17, 15) is 0 Å². The molecule has 2 aliphatic carbocycles. The second-order valence-corrected chi connectivity index (χ2v) is 8.52. The third-order valence-electron chi connectivity index (χ3n) is 5.95. The van der Waals surface area contributed by atoms with Gasteiger partial charge in [0, 0.05) is 30.0 Å². The smallest absolute Gasteiger partial charge is 0.0684 e. The van der Waals surface area contributed by atoms with Crippen LogP contribution in [0.2, 0.25) is 0 Å². The number of ether oxygens (including phenoxy) is 1. The Bertz CT molecular complexity index is 336. The quantitative estimate of drug-likeness (QED) is 0.821. The maximum atomic E-state index is 6.01. The monoisotopic (exact) mass is 265 g/mol. The first kappa shape index (κ1) is 13.9. The summed E-state index contributed by atoms with van der Waals surface area (Å²) in [7, 11) is 0. The van der Waals surface area contributed by atoms with Gasteiger partial charge in [0.1, 0.15) is 0 Å². The highest BCUT2D eigenvalue weighted by atomic mass is 16.5. The topological polar surface area (TPSA) is 21.3 Å². The van der Waals surface area contributed by atoms with Crippen molar-refractivity contribution >= 4 is 0 Å². The molecule has 0 spiro atoms. The number of rotatable bonds is 2. The van der Waals surface area contributed by atoms with Crippen molar-refractivity contribution in [2.24, 2.45) is 16.7 Å². The van der Waals surface area contributed by atoms with E-state index < -0.39 is 0 Å². The summed E-state index contributed by atoms with van der Waals surface area (Å²) in [6.45, 7) is 10.6. The highest BCUT2D eigenvalue weighted by molar-refractivity contribution is 5.11. The fourth-order valence-corrected chi connectivity index (χ4v) is 4.96. The summed E-state index contributed by atoms with van der Waals surface area (Å²) in [4.78, 5) is 0. The Balaban J connectivity index is 1.63. The minimum absolute atomic E-state index is 0.326. The van der Waals surface area contributed by atoms with Gasteiger partial charge < -0.3 is 10.1 Å². The van der Waals surface area contributed by atoms with Crippen LogP contribution < -0.4 is 5.32 Å². The first-order chi connectivity index (χ1) is 8.90. The lowest BCUT2D eigenvalue weighted by Crippen LogP contribution is -2.70. The van der Waals surface area contributed by atoms with Crippen LogP contribution in [0.1, 0.15) is 66.2 Å². The maximum Gasteiger partial charge on any atom is 0.0684 e. The zero-order valence-corrected chi connectivity index (χ0v) is 13.2. The lowest BCUT2D eigenvalue weighted by molar-refractivity contribution is -0.195. The molecule has 3 aliphatic rings. The minimum atomic E-state index is 0.326. The normalized spacial score (nSPS) is 44.2. The van der Waals surface area contributed by atoms with E-state index in [-0.39, 0.29) is 0 Å². The SMILES string of the molecule is CC1(C)CCCC(NC2C3CCCOC3C2(C)C)C1. The summed E-state index contributed by atoms with van der Waals surface area (Å²) in [5.41, 5.74) is 0.860. The van der Waals surface area contributed by atoms with E-state index in [1.807, 2.05) is 0 Å². The average Bonchev–Trinajstić information content (AvgIpc) is 2.35. The van der Waals surface area contributed by atoms with Gasteiger partial charge in [-0.25, -0.2) is 0 Å². The lowest BCUT2D eigenvalue weighted by atomic mass is 9.55. The number of hydrogen-bond donors (Lipinski definition) is 1. The van der Waals surface area contributed by atoms with Crippen molar-refractivity contribution in [3.63, 3.8) is 0 Å². The fraction of sp³-hybridized carbons (Fsp3) is 1.00. The average molecular weight is 265 g/mol. The van der Waals surface area contributed by atoms with Crippen LogP contribution in [0.3, 0.4) is 0 Å². The molecule has 1 heterocycles. The predicted octanol–water partition coefficient (Wildman–Crippen LogP) is 3.75. The molecule has 1 aliphatic heterocycles. The van der Waals surface area contributed by atoms with E-state index in [1.165, 1.54) is 38.5 Å². The van der Waals surface area contributed by atoms with Crippen molar-refractivity contribution in [1.82, 2.24) is 5.32 Å². The van der Waals surface area contributed by atoms with Crippen molar-refractivity contribution < 1.29 is 4.74 Å². The van der Waals surface area contributed by atoms with E-state index in [4.69, 9.17) is 4.74 Å². The van der Waals surface area contributed by atoms with E-state index >= 15 is 0 Å². The standard InChI is InChI=1S/C17H31NO/c1-16(2)9-5-7-12(11-16)18-14-13-8-6-10-19-15(13)17(14,3)4/h12-15,18H,5-11H2,1-4H3. The Labute approximate surface area is 118 Å². The summed E-state index contributed by atoms with van der Waals surface area (Å²) in [5, 5.41) is 4.02. The molecule has 0 aromatic rings. The Kier molecular flexibility index (Phi) is 3.46. The molecule has 3 fully saturated rings. The summed E-state index contributed by atoms with van der Waals surface area (Å²) in [6.07, 6.45) is 8.63. The van der Waals surface area contributed by atoms with Gasteiger partial charge in [0.05, 0.1) is 6.10 Å². The van der Waals surface area contributed by atoms with Crippen LogP contribution in [0.15, 0.2) is 0 Å². The number of hydrogen-bond acceptors (Lipinski definition) is 2. The van der Waals surface area contributed by atoms with Gasteiger partial charge in [0.2, 0.25) is 0 Å². The van der Waals surface area contributed by atoms with Crippen molar-refractivity contribution in [1.29, 1.82) is 0 Å². The second-order valence-electron chi connectivity index (χ2n) is 8.52. The first-order valence-corrected chi connectivity index (χ1v) is 8.28. The molecule has 2 saturated carbocycles. The molecule has 3 rings (SSSR count). The van der Waals surface area contributed by atoms with Gasteiger partial charge in [-0.3, -0.25) is 0 Å². The van der Waals surface area contributed by atoms with Gasteiger partial charge in [0.15, 0.2) is 0 Å². The van der Waals surface area contributed by atoms with E-state index in [0.717, 1.165) is 18.6 Å². The Morgan fingerprint density at radius 2 is 1.84 bits per heavy atom. The minimum Gasteiger partial charge on any atom is -0.377 e. The zero-order valence-electron chi connectivity index (χ0n) is 13.2. The molecular weight excluding hydrogens is 234 g/mol. The zero-order chi connectivity index (χ0) is 13.7. The fourth-order valence-electron chi connectivity index (χ4n) is 4.96. The van der Waals surface area contributed by atoms with Gasteiger partial charge in [-0.2, -0.15) is 0 Å². The van der Waals surface area contributed by atoms with Crippen LogP contribution in [0.5, 0.6) is 0 Å². The second kappa shape index (κ2) is 4.73. The summed E-state index contributed by atoms with van der Waals surface area (Å²) in [6, 6.07) is 1.41. The first-order valence-electron chi connectivity index (χ1n) is 8.28. The van der Waals surface area contributed by atoms with Crippen LogP contribution >= 0.6 is 0 Å². The van der Waals surface area contributed by atoms with Gasteiger partial charge in [0.25, 0.3) is 0 Å². The van der Waals surface area contributed by atoms with Gasteiger partial charge >= 0.3 is 0 Å². The Morgan fingerprint density at radius 3 is 2.58 bits per heavy atom. The molecule has 2 heteroatoms. The van der Waals surface area contributed by atoms with E-state index in [2.05, 4.69) is 33.0 Å². The van der Waals surface area contributed by atoms with Crippen molar-refractivity contribution in [3.05, 3.63) is 0 Å². The summed E-state index contributed by atoms with van der Waals surface area (Å²) >= 11 is 0. The summed E-state index contributed by atoms with van der Waals surface area (Å²) in [5.74, 6) is 0.772. The predicted molar refractivity (Wildman–Crippen MR) is 79.2 cm³/mol. The van der Waals surface area contributed by atoms with Crippen molar-refractivity contribution in [3.8, 4) is 0 Å². The van der Waals surface area contributed by atoms with Crippen LogP contribution in [0.4, 0.5) is 0 Å².